The fourth-order valence-corrected chi connectivity index (χ4v) is 2.65. The molecule has 1 aliphatic heterocycles. The molecule has 0 aliphatic carbocycles. The van der Waals surface area contributed by atoms with Gasteiger partial charge in [-0.05, 0) is 18.1 Å². The molecule has 5 nitrogen and oxygen atoms in total. The van der Waals surface area contributed by atoms with E-state index in [9.17, 15) is 4.79 Å². The van der Waals surface area contributed by atoms with E-state index in [1.165, 1.54) is 10.2 Å². The third-order valence-corrected chi connectivity index (χ3v) is 3.98. The molecule has 1 aliphatic rings. The Kier molecular flexibility index (Phi) is 3.84. The van der Waals surface area contributed by atoms with Crippen molar-refractivity contribution in [2.24, 2.45) is 13.0 Å². The predicted octanol–water partition coefficient (Wildman–Crippen LogP) is 2.10. The van der Waals surface area contributed by atoms with Crippen LogP contribution < -0.4 is 15.6 Å². The molecule has 0 amide bonds. The Labute approximate surface area is 127 Å². The monoisotopic (exact) mass is 305 g/mol. The Hall–Kier alpha value is -2.01. The van der Waals surface area contributed by atoms with E-state index in [0.29, 0.717) is 24.8 Å². The van der Waals surface area contributed by atoms with Gasteiger partial charge in [-0.25, -0.2) is 4.68 Å². The Morgan fingerprint density at radius 2 is 2.29 bits per heavy atom. The number of nitrogens with one attached hydrogen (secondary N) is 1. The van der Waals surface area contributed by atoms with Crippen molar-refractivity contribution in [2.45, 2.75) is 6.42 Å². The molecule has 110 valence electrons. The quantitative estimate of drug-likeness (QED) is 0.943. The van der Waals surface area contributed by atoms with Gasteiger partial charge in [0.05, 0.1) is 18.5 Å². The van der Waals surface area contributed by atoms with Gasteiger partial charge in [0.1, 0.15) is 10.8 Å². The lowest BCUT2D eigenvalue weighted by Gasteiger charge is -2.25. The van der Waals surface area contributed by atoms with E-state index in [2.05, 4.69) is 16.5 Å². The fourth-order valence-electron chi connectivity index (χ4n) is 2.41. The molecule has 1 N–H and O–H groups in total. The minimum absolute atomic E-state index is 0.171. The van der Waals surface area contributed by atoms with E-state index in [4.69, 9.17) is 16.3 Å². The molecular weight excluding hydrogens is 290 g/mol. The van der Waals surface area contributed by atoms with Crippen LogP contribution in [-0.2, 0) is 13.5 Å². The van der Waals surface area contributed by atoms with Crippen molar-refractivity contribution < 1.29 is 4.74 Å². The highest BCUT2D eigenvalue weighted by Crippen LogP contribution is 2.27. The maximum Gasteiger partial charge on any atom is 0.287 e. The van der Waals surface area contributed by atoms with Gasteiger partial charge in [0, 0.05) is 19.5 Å². The van der Waals surface area contributed by atoms with E-state index in [-0.39, 0.29) is 10.6 Å². The predicted molar refractivity (Wildman–Crippen MR) is 82.1 cm³/mol. The Morgan fingerprint density at radius 1 is 1.48 bits per heavy atom. The van der Waals surface area contributed by atoms with Crippen LogP contribution in [0.1, 0.15) is 5.56 Å². The van der Waals surface area contributed by atoms with Crippen LogP contribution in [0, 0.1) is 5.92 Å². The molecule has 1 aromatic carbocycles. The van der Waals surface area contributed by atoms with E-state index in [0.717, 1.165) is 12.2 Å². The van der Waals surface area contributed by atoms with Gasteiger partial charge in [-0.1, -0.05) is 29.8 Å². The van der Waals surface area contributed by atoms with Crippen molar-refractivity contribution >= 4 is 17.3 Å². The first-order valence-corrected chi connectivity index (χ1v) is 7.19. The number of anilines is 1. The zero-order chi connectivity index (χ0) is 14.8. The maximum absolute atomic E-state index is 11.7. The average Bonchev–Trinajstić information content (AvgIpc) is 2.52. The van der Waals surface area contributed by atoms with E-state index in [1.54, 1.807) is 13.2 Å². The molecule has 0 radical (unpaired) electrons. The molecule has 0 fully saturated rings. The van der Waals surface area contributed by atoms with Crippen molar-refractivity contribution in [1.82, 2.24) is 9.78 Å². The minimum Gasteiger partial charge on any atom is -0.493 e. The number of para-hydroxylation sites is 1. The van der Waals surface area contributed by atoms with Gasteiger partial charge in [0.25, 0.3) is 5.56 Å². The van der Waals surface area contributed by atoms with Crippen molar-refractivity contribution in [1.29, 1.82) is 0 Å². The van der Waals surface area contributed by atoms with Crippen LogP contribution in [0.25, 0.3) is 0 Å². The molecule has 0 saturated heterocycles. The topological polar surface area (TPSA) is 56.1 Å². The van der Waals surface area contributed by atoms with Gasteiger partial charge in [-0.2, -0.15) is 5.10 Å². The van der Waals surface area contributed by atoms with Crippen molar-refractivity contribution in [3.63, 3.8) is 0 Å². The van der Waals surface area contributed by atoms with Crippen molar-refractivity contribution in [2.75, 3.05) is 18.5 Å². The third-order valence-electron chi connectivity index (χ3n) is 3.62. The Balaban J connectivity index is 1.67. The van der Waals surface area contributed by atoms with E-state index in [1.807, 2.05) is 18.2 Å². The molecule has 0 bridgehead atoms. The summed E-state index contributed by atoms with van der Waals surface area (Å²) in [5.41, 5.74) is 1.48. The summed E-state index contributed by atoms with van der Waals surface area (Å²) < 4.78 is 6.96. The van der Waals surface area contributed by atoms with E-state index < -0.39 is 0 Å². The maximum atomic E-state index is 11.7. The molecule has 1 atom stereocenters. The summed E-state index contributed by atoms with van der Waals surface area (Å²) in [6, 6.07) is 8.05. The Morgan fingerprint density at radius 3 is 3.14 bits per heavy atom. The largest absolute Gasteiger partial charge is 0.493 e. The summed E-state index contributed by atoms with van der Waals surface area (Å²) in [7, 11) is 1.57. The van der Waals surface area contributed by atoms with Gasteiger partial charge < -0.3 is 10.1 Å². The van der Waals surface area contributed by atoms with Crippen LogP contribution in [0.4, 0.5) is 5.69 Å². The molecule has 3 rings (SSSR count). The summed E-state index contributed by atoms with van der Waals surface area (Å²) in [5.74, 6) is 1.29. The first-order valence-electron chi connectivity index (χ1n) is 6.81. The van der Waals surface area contributed by atoms with Gasteiger partial charge in [0.2, 0.25) is 0 Å². The van der Waals surface area contributed by atoms with Crippen LogP contribution in [0.5, 0.6) is 5.75 Å². The molecule has 1 aromatic heterocycles. The standard InChI is InChI=1S/C15H16ClN3O2/c1-19-15(20)14(16)12(8-18-19)17-7-10-6-11-4-2-3-5-13(11)21-9-10/h2-5,8,10,17H,6-7,9H2,1H3. The van der Waals surface area contributed by atoms with Crippen LogP contribution >= 0.6 is 11.6 Å². The summed E-state index contributed by atoms with van der Waals surface area (Å²) >= 11 is 6.03. The molecule has 6 heteroatoms. The van der Waals surface area contributed by atoms with Gasteiger partial charge in [0.15, 0.2) is 0 Å². The summed E-state index contributed by atoms with van der Waals surface area (Å²) in [5, 5.41) is 7.33. The average molecular weight is 306 g/mol. The first kappa shape index (κ1) is 13.9. The third kappa shape index (κ3) is 2.88. The number of nitrogens with zero attached hydrogens (tertiary/aromatic N) is 2. The number of benzene rings is 1. The SMILES string of the molecule is Cn1ncc(NCC2COc3ccccc3C2)c(Cl)c1=O. The van der Waals surface area contributed by atoms with Gasteiger partial charge >= 0.3 is 0 Å². The summed E-state index contributed by atoms with van der Waals surface area (Å²) in [6.07, 6.45) is 2.51. The highest BCUT2D eigenvalue weighted by molar-refractivity contribution is 6.32. The highest BCUT2D eigenvalue weighted by atomic mass is 35.5. The lowest BCUT2D eigenvalue weighted by molar-refractivity contribution is 0.229. The summed E-state index contributed by atoms with van der Waals surface area (Å²) in [6.45, 7) is 1.34. The molecule has 0 spiro atoms. The fraction of sp³-hybridized carbons (Fsp3) is 0.333. The van der Waals surface area contributed by atoms with Crippen LogP contribution in [0.2, 0.25) is 5.02 Å². The number of halogens is 1. The second-order valence-electron chi connectivity index (χ2n) is 5.17. The highest BCUT2D eigenvalue weighted by Gasteiger charge is 2.19. The second-order valence-corrected chi connectivity index (χ2v) is 5.55. The van der Waals surface area contributed by atoms with E-state index >= 15 is 0 Å². The molecule has 1 unspecified atom stereocenters. The lowest BCUT2D eigenvalue weighted by Crippen LogP contribution is -2.28. The molecule has 2 heterocycles. The number of aryl methyl sites for hydroxylation is 1. The van der Waals surface area contributed by atoms with Crippen molar-refractivity contribution in [3.05, 3.63) is 51.4 Å². The van der Waals surface area contributed by atoms with Crippen molar-refractivity contribution in [3.8, 4) is 5.75 Å². The molecule has 21 heavy (non-hydrogen) atoms. The molecule has 2 aromatic rings. The van der Waals surface area contributed by atoms with Crippen LogP contribution in [0.15, 0.2) is 35.3 Å². The number of fused-ring (bicyclic) bond motifs is 1. The number of hydrogen-bond donors (Lipinski definition) is 1. The van der Waals surface area contributed by atoms with Gasteiger partial charge in [-0.15, -0.1) is 0 Å². The number of hydrogen-bond acceptors (Lipinski definition) is 4. The Bertz CT molecular complexity index is 714. The van der Waals surface area contributed by atoms with Crippen LogP contribution in [0.3, 0.4) is 0 Å². The molecular formula is C15H16ClN3O2. The number of ether oxygens (including phenoxy) is 1. The smallest absolute Gasteiger partial charge is 0.287 e. The molecule has 0 saturated carbocycles. The number of rotatable bonds is 3. The normalized spacial score (nSPS) is 17.0. The minimum atomic E-state index is -0.299. The van der Waals surface area contributed by atoms with Crippen LogP contribution in [-0.4, -0.2) is 22.9 Å². The lowest BCUT2D eigenvalue weighted by atomic mass is 9.97. The van der Waals surface area contributed by atoms with Gasteiger partial charge in [-0.3, -0.25) is 4.79 Å². The summed E-state index contributed by atoms with van der Waals surface area (Å²) in [4.78, 5) is 11.7. The zero-order valence-corrected chi connectivity index (χ0v) is 12.4. The first-order chi connectivity index (χ1) is 10.1. The zero-order valence-electron chi connectivity index (χ0n) is 11.7. The second kappa shape index (κ2) is 5.77. The number of aromatic nitrogens is 2.